The van der Waals surface area contributed by atoms with E-state index in [2.05, 4.69) is 33.0 Å². The Labute approximate surface area is 136 Å². The highest BCUT2D eigenvalue weighted by molar-refractivity contribution is 5.85. The van der Waals surface area contributed by atoms with Crippen molar-refractivity contribution in [3.63, 3.8) is 0 Å². The smallest absolute Gasteiger partial charge is 0.220 e. The topological polar surface area (TPSA) is 55.1 Å². The van der Waals surface area contributed by atoms with Crippen LogP contribution in [0.4, 0.5) is 0 Å². The zero-order valence-corrected chi connectivity index (χ0v) is 14.8. The third kappa shape index (κ3) is 4.85. The van der Waals surface area contributed by atoms with Crippen molar-refractivity contribution in [2.45, 2.75) is 78.3 Å². The van der Waals surface area contributed by atoms with Crippen molar-refractivity contribution < 1.29 is 4.79 Å². The average molecular weight is 317 g/mol. The molecule has 4 heteroatoms. The third-order valence-corrected chi connectivity index (χ3v) is 5.67. The second kappa shape index (κ2) is 7.32. The molecule has 0 aliphatic heterocycles. The summed E-state index contributed by atoms with van der Waals surface area (Å²) >= 11 is 0. The molecule has 2 aliphatic rings. The molecule has 3 atom stereocenters. The van der Waals surface area contributed by atoms with Crippen LogP contribution in [0.2, 0.25) is 0 Å². The normalized spacial score (nSPS) is 33.8. The summed E-state index contributed by atoms with van der Waals surface area (Å²) < 4.78 is 0. The maximum Gasteiger partial charge on any atom is 0.220 e. The van der Waals surface area contributed by atoms with Crippen molar-refractivity contribution in [2.75, 3.05) is 0 Å². The first-order valence-electron chi connectivity index (χ1n) is 8.32. The monoisotopic (exact) mass is 316 g/mol. The van der Waals surface area contributed by atoms with Gasteiger partial charge in [0.1, 0.15) is 0 Å². The lowest BCUT2D eigenvalue weighted by Crippen LogP contribution is -2.54. The van der Waals surface area contributed by atoms with E-state index in [-0.39, 0.29) is 23.7 Å². The van der Waals surface area contributed by atoms with E-state index in [1.165, 1.54) is 19.3 Å². The molecule has 0 spiro atoms. The van der Waals surface area contributed by atoms with Gasteiger partial charge in [0.2, 0.25) is 5.91 Å². The maximum absolute atomic E-state index is 12.3. The molecule has 3 nitrogen and oxygen atoms in total. The highest BCUT2D eigenvalue weighted by Gasteiger charge is 2.40. The van der Waals surface area contributed by atoms with Crippen molar-refractivity contribution in [1.29, 1.82) is 0 Å². The van der Waals surface area contributed by atoms with Crippen LogP contribution in [0.3, 0.4) is 0 Å². The van der Waals surface area contributed by atoms with Crippen LogP contribution >= 0.6 is 12.4 Å². The summed E-state index contributed by atoms with van der Waals surface area (Å²) in [6, 6.07) is 0.746. The lowest BCUT2D eigenvalue weighted by Gasteiger charge is -2.45. The van der Waals surface area contributed by atoms with Crippen molar-refractivity contribution in [3.8, 4) is 0 Å². The van der Waals surface area contributed by atoms with Gasteiger partial charge in [0.15, 0.2) is 0 Å². The van der Waals surface area contributed by atoms with Crippen molar-refractivity contribution in [1.82, 2.24) is 5.32 Å². The number of nitrogens with two attached hydrogens (primary N) is 1. The molecule has 0 aromatic heterocycles. The van der Waals surface area contributed by atoms with Gasteiger partial charge in [-0.15, -0.1) is 12.4 Å². The highest BCUT2D eigenvalue weighted by Crippen LogP contribution is 2.39. The summed E-state index contributed by atoms with van der Waals surface area (Å²) in [5.74, 6) is 1.88. The van der Waals surface area contributed by atoms with Crippen LogP contribution in [0.5, 0.6) is 0 Å². The minimum Gasteiger partial charge on any atom is -0.353 e. The molecule has 3 N–H and O–H groups in total. The summed E-state index contributed by atoms with van der Waals surface area (Å²) in [7, 11) is 0. The number of carbonyl (C=O) groups excluding carboxylic acids is 1. The first-order valence-corrected chi connectivity index (χ1v) is 8.32. The zero-order valence-electron chi connectivity index (χ0n) is 14.0. The molecule has 2 bridgehead atoms. The summed E-state index contributed by atoms with van der Waals surface area (Å²) in [4.78, 5) is 12.3. The van der Waals surface area contributed by atoms with Crippen LogP contribution in [0.25, 0.3) is 0 Å². The van der Waals surface area contributed by atoms with Crippen LogP contribution in [0.15, 0.2) is 0 Å². The number of nitrogens with one attached hydrogen (secondary N) is 1. The van der Waals surface area contributed by atoms with Crippen LogP contribution < -0.4 is 11.1 Å². The number of hydrogen-bond donors (Lipinski definition) is 2. The molecule has 2 saturated carbocycles. The second-order valence-electron chi connectivity index (χ2n) is 8.25. The predicted molar refractivity (Wildman–Crippen MR) is 90.5 cm³/mol. The number of carbonyl (C=O) groups is 1. The lowest BCUT2D eigenvalue weighted by molar-refractivity contribution is -0.125. The minimum absolute atomic E-state index is 0. The Morgan fingerprint density at radius 1 is 1.24 bits per heavy atom. The van der Waals surface area contributed by atoms with Gasteiger partial charge in [-0.1, -0.05) is 34.1 Å². The van der Waals surface area contributed by atoms with Gasteiger partial charge < -0.3 is 11.1 Å². The fourth-order valence-electron chi connectivity index (χ4n) is 3.85. The Balaban J connectivity index is 0.00000220. The van der Waals surface area contributed by atoms with E-state index in [9.17, 15) is 4.79 Å². The van der Waals surface area contributed by atoms with E-state index < -0.39 is 0 Å². The van der Waals surface area contributed by atoms with Crippen LogP contribution in [-0.2, 0) is 4.79 Å². The van der Waals surface area contributed by atoms with Gasteiger partial charge in [-0.2, -0.15) is 0 Å². The molecular formula is C17H33ClN2O. The van der Waals surface area contributed by atoms with E-state index in [0.29, 0.717) is 36.3 Å². The van der Waals surface area contributed by atoms with Gasteiger partial charge in [-0.3, -0.25) is 4.79 Å². The molecule has 0 radical (unpaired) electrons. The Morgan fingerprint density at radius 3 is 2.24 bits per heavy atom. The Morgan fingerprint density at radius 2 is 1.76 bits per heavy atom. The first kappa shape index (κ1) is 18.8. The van der Waals surface area contributed by atoms with Crippen LogP contribution in [0, 0.1) is 23.2 Å². The van der Waals surface area contributed by atoms with Crippen molar-refractivity contribution in [3.05, 3.63) is 0 Å². The van der Waals surface area contributed by atoms with Crippen molar-refractivity contribution in [2.24, 2.45) is 28.9 Å². The van der Waals surface area contributed by atoms with Crippen LogP contribution in [-0.4, -0.2) is 18.0 Å². The Hall–Kier alpha value is -0.280. The number of fused-ring (bicyclic) bond motifs is 2. The maximum atomic E-state index is 12.3. The number of rotatable bonds is 3. The van der Waals surface area contributed by atoms with Crippen LogP contribution in [0.1, 0.15) is 66.2 Å². The van der Waals surface area contributed by atoms with Gasteiger partial charge in [0, 0.05) is 18.5 Å². The number of hydrogen-bond acceptors (Lipinski definition) is 2. The van der Waals surface area contributed by atoms with Gasteiger partial charge in [-0.05, 0) is 48.9 Å². The fourth-order valence-corrected chi connectivity index (χ4v) is 3.85. The van der Waals surface area contributed by atoms with E-state index >= 15 is 0 Å². The Bertz CT molecular complexity index is 339. The molecule has 0 aromatic carbocycles. The van der Waals surface area contributed by atoms with Gasteiger partial charge in [0.25, 0.3) is 0 Å². The molecule has 0 heterocycles. The molecule has 0 saturated heterocycles. The molecular weight excluding hydrogens is 284 g/mol. The van der Waals surface area contributed by atoms with E-state index in [4.69, 9.17) is 5.73 Å². The second-order valence-corrected chi connectivity index (χ2v) is 8.25. The highest BCUT2D eigenvalue weighted by atomic mass is 35.5. The molecule has 0 aromatic rings. The molecule has 124 valence electrons. The average Bonchev–Trinajstić information content (AvgIpc) is 2.28. The third-order valence-electron chi connectivity index (χ3n) is 5.67. The summed E-state index contributed by atoms with van der Waals surface area (Å²) in [5.41, 5.74) is 6.34. The first-order chi connectivity index (χ1) is 9.27. The number of halogens is 1. The molecule has 1 amide bonds. The molecule has 21 heavy (non-hydrogen) atoms. The molecule has 3 unspecified atom stereocenters. The fraction of sp³-hybridized carbons (Fsp3) is 0.941. The van der Waals surface area contributed by atoms with E-state index in [1.54, 1.807) is 0 Å². The molecule has 2 rings (SSSR count). The minimum atomic E-state index is 0. The summed E-state index contributed by atoms with van der Waals surface area (Å²) in [5, 5.41) is 3.35. The summed E-state index contributed by atoms with van der Waals surface area (Å²) in [6.07, 6.45) is 6.62. The van der Waals surface area contributed by atoms with Gasteiger partial charge >= 0.3 is 0 Å². The zero-order chi connectivity index (χ0) is 14.9. The standard InChI is InChI=1S/C17H32N2O.ClH/c1-11(17(2,3)4)8-15(20)19-16-12-6-5-7-13(16)10-14(18)9-12;/h11-14,16H,5-10,18H2,1-4H3,(H,19,20);1H. The Kier molecular flexibility index (Phi) is 6.54. The quantitative estimate of drug-likeness (QED) is 0.837. The SMILES string of the molecule is CC(CC(=O)NC1C2CCCC1CC(N)C2)C(C)(C)C.Cl. The largest absolute Gasteiger partial charge is 0.353 e. The van der Waals surface area contributed by atoms with E-state index in [1.807, 2.05) is 0 Å². The summed E-state index contributed by atoms with van der Waals surface area (Å²) in [6.45, 7) is 8.80. The number of amides is 1. The molecule has 2 fully saturated rings. The van der Waals surface area contributed by atoms with Gasteiger partial charge in [-0.25, -0.2) is 0 Å². The lowest BCUT2D eigenvalue weighted by atomic mass is 9.67. The van der Waals surface area contributed by atoms with E-state index in [0.717, 1.165) is 12.8 Å². The molecule has 2 aliphatic carbocycles. The predicted octanol–water partition coefficient (Wildman–Crippen LogP) is 3.50. The van der Waals surface area contributed by atoms with Gasteiger partial charge in [0.05, 0.1) is 0 Å². The van der Waals surface area contributed by atoms with Crippen molar-refractivity contribution >= 4 is 18.3 Å².